The summed E-state index contributed by atoms with van der Waals surface area (Å²) in [6, 6.07) is 1.72. The summed E-state index contributed by atoms with van der Waals surface area (Å²) in [5.74, 6) is 0.773. The number of nitro groups is 1. The number of anilines is 1. The third-order valence-electron chi connectivity index (χ3n) is 4.27. The smallest absolute Gasteiger partial charge is 0.317 e. The number of carbonyl (C=O) groups excluding carboxylic acids is 1. The molecule has 8 nitrogen and oxygen atoms in total. The molecule has 1 aromatic rings. The zero-order valence-corrected chi connectivity index (χ0v) is 12.5. The molecular weight excluding hydrogens is 286 g/mol. The number of amides is 2. The number of rotatable bonds is 3. The minimum atomic E-state index is -0.433. The molecule has 1 atom stereocenters. The molecule has 0 bridgehead atoms. The molecule has 22 heavy (non-hydrogen) atoms. The van der Waals surface area contributed by atoms with Gasteiger partial charge in [0.05, 0.1) is 11.0 Å². The average molecular weight is 305 g/mol. The first kappa shape index (κ1) is 14.6. The van der Waals surface area contributed by atoms with Crippen LogP contribution in [-0.2, 0) is 0 Å². The van der Waals surface area contributed by atoms with E-state index in [4.69, 9.17) is 0 Å². The molecule has 0 aliphatic carbocycles. The molecule has 2 amide bonds. The minimum Gasteiger partial charge on any atom is -0.354 e. The minimum absolute atomic E-state index is 0.000214. The highest BCUT2D eigenvalue weighted by Gasteiger charge is 2.32. The lowest BCUT2D eigenvalue weighted by atomic mass is 10.0. The number of hydrogen-bond donors (Lipinski definition) is 1. The van der Waals surface area contributed by atoms with Crippen molar-refractivity contribution in [3.63, 3.8) is 0 Å². The van der Waals surface area contributed by atoms with Gasteiger partial charge in [-0.2, -0.15) is 0 Å². The van der Waals surface area contributed by atoms with Gasteiger partial charge in [-0.15, -0.1) is 0 Å². The fourth-order valence-electron chi connectivity index (χ4n) is 3.22. The maximum atomic E-state index is 11.8. The topological polar surface area (TPSA) is 91.6 Å². The van der Waals surface area contributed by atoms with Crippen LogP contribution in [0.3, 0.4) is 0 Å². The number of nitrogens with zero attached hydrogens (tertiary/aromatic N) is 4. The summed E-state index contributed by atoms with van der Waals surface area (Å²) >= 11 is 0. The Labute approximate surface area is 128 Å². The summed E-state index contributed by atoms with van der Waals surface area (Å²) in [5, 5.41) is 13.6. The average Bonchev–Trinajstić information content (AvgIpc) is 2.93. The molecule has 118 valence electrons. The predicted octanol–water partition coefficient (Wildman–Crippen LogP) is 1.29. The van der Waals surface area contributed by atoms with E-state index in [1.807, 2.05) is 11.8 Å². The Morgan fingerprint density at radius 3 is 2.91 bits per heavy atom. The predicted molar refractivity (Wildman–Crippen MR) is 81.0 cm³/mol. The molecule has 2 saturated heterocycles. The van der Waals surface area contributed by atoms with Gasteiger partial charge in [-0.25, -0.2) is 9.78 Å². The molecule has 0 spiro atoms. The van der Waals surface area contributed by atoms with E-state index in [-0.39, 0.29) is 17.8 Å². The van der Waals surface area contributed by atoms with Crippen molar-refractivity contribution in [1.82, 2.24) is 15.2 Å². The largest absolute Gasteiger partial charge is 0.354 e. The normalized spacial score (nSPS) is 21.9. The highest BCUT2D eigenvalue weighted by Crippen LogP contribution is 2.26. The quantitative estimate of drug-likeness (QED) is 0.671. The first-order valence-corrected chi connectivity index (χ1v) is 7.46. The molecule has 0 aromatic carbocycles. The summed E-state index contributed by atoms with van der Waals surface area (Å²) < 4.78 is 0. The van der Waals surface area contributed by atoms with Gasteiger partial charge < -0.3 is 15.1 Å². The number of urea groups is 1. The van der Waals surface area contributed by atoms with E-state index >= 15 is 0 Å². The number of nitrogens with one attached hydrogen (secondary N) is 1. The maximum Gasteiger partial charge on any atom is 0.317 e. The lowest BCUT2D eigenvalue weighted by Crippen LogP contribution is -2.49. The third-order valence-corrected chi connectivity index (χ3v) is 4.27. The Hall–Kier alpha value is -2.38. The molecule has 0 saturated carbocycles. The maximum absolute atomic E-state index is 11.8. The first-order valence-electron chi connectivity index (χ1n) is 7.46. The van der Waals surface area contributed by atoms with Gasteiger partial charge in [-0.3, -0.25) is 10.1 Å². The van der Waals surface area contributed by atoms with Crippen LogP contribution in [0.4, 0.5) is 16.3 Å². The van der Waals surface area contributed by atoms with E-state index in [0.29, 0.717) is 6.54 Å². The Kier molecular flexibility index (Phi) is 3.82. The first-order chi connectivity index (χ1) is 10.6. The Morgan fingerprint density at radius 2 is 2.27 bits per heavy atom. The molecule has 0 unspecified atom stereocenters. The lowest BCUT2D eigenvalue weighted by Gasteiger charge is -2.38. The van der Waals surface area contributed by atoms with Crippen molar-refractivity contribution >= 4 is 17.5 Å². The van der Waals surface area contributed by atoms with Gasteiger partial charge in [-0.1, -0.05) is 0 Å². The fourth-order valence-corrected chi connectivity index (χ4v) is 3.22. The van der Waals surface area contributed by atoms with E-state index in [9.17, 15) is 14.9 Å². The van der Waals surface area contributed by atoms with Crippen molar-refractivity contribution in [1.29, 1.82) is 0 Å². The third kappa shape index (κ3) is 2.68. The van der Waals surface area contributed by atoms with Crippen molar-refractivity contribution in [2.45, 2.75) is 25.8 Å². The van der Waals surface area contributed by atoms with Gasteiger partial charge in [0.25, 0.3) is 5.69 Å². The Morgan fingerprint density at radius 1 is 1.45 bits per heavy atom. The molecule has 2 fully saturated rings. The van der Waals surface area contributed by atoms with E-state index < -0.39 is 4.92 Å². The van der Waals surface area contributed by atoms with E-state index in [1.54, 1.807) is 6.07 Å². The van der Waals surface area contributed by atoms with Gasteiger partial charge in [-0.05, 0) is 25.3 Å². The summed E-state index contributed by atoms with van der Waals surface area (Å²) in [5.41, 5.74) is 0.800. The number of aryl methyl sites for hydroxylation is 1. The Bertz CT molecular complexity index is 606. The molecule has 3 heterocycles. The van der Waals surface area contributed by atoms with Crippen LogP contribution in [-0.4, -0.2) is 53.1 Å². The van der Waals surface area contributed by atoms with Crippen LogP contribution < -0.4 is 10.2 Å². The number of aromatic nitrogens is 1. The second-order valence-electron chi connectivity index (χ2n) is 5.76. The highest BCUT2D eigenvalue weighted by molar-refractivity contribution is 5.76. The summed E-state index contributed by atoms with van der Waals surface area (Å²) in [6.45, 7) is 4.85. The van der Waals surface area contributed by atoms with E-state index in [2.05, 4.69) is 15.2 Å². The second-order valence-corrected chi connectivity index (χ2v) is 5.76. The van der Waals surface area contributed by atoms with Crippen LogP contribution in [0.25, 0.3) is 0 Å². The number of pyridine rings is 1. The monoisotopic (exact) mass is 305 g/mol. The fraction of sp³-hybridized carbons (Fsp3) is 0.571. The van der Waals surface area contributed by atoms with Crippen molar-refractivity contribution in [2.75, 3.05) is 31.1 Å². The van der Waals surface area contributed by atoms with Crippen molar-refractivity contribution < 1.29 is 9.72 Å². The van der Waals surface area contributed by atoms with Gasteiger partial charge in [0.1, 0.15) is 12.0 Å². The standard InChI is InChI=1S/C14H19N5O3/c1-10-7-12(19(21)22)8-16-13(10)17-5-2-3-11(9-17)18-6-4-15-14(18)20/h7-8,11H,2-6,9H2,1H3,(H,15,20)/t11-/m0/s1. The van der Waals surface area contributed by atoms with Gasteiger partial charge in [0.2, 0.25) is 0 Å². The van der Waals surface area contributed by atoms with E-state index in [1.165, 1.54) is 6.20 Å². The zero-order valence-electron chi connectivity index (χ0n) is 12.5. The van der Waals surface area contributed by atoms with Gasteiger partial charge in [0, 0.05) is 32.2 Å². The molecule has 1 N–H and O–H groups in total. The molecule has 8 heteroatoms. The molecule has 1 aromatic heterocycles. The number of hydrogen-bond acceptors (Lipinski definition) is 5. The van der Waals surface area contributed by atoms with Crippen LogP contribution in [0.15, 0.2) is 12.3 Å². The SMILES string of the molecule is Cc1cc([N+](=O)[O-])cnc1N1CCC[C@H](N2CCNC2=O)C1. The second kappa shape index (κ2) is 5.78. The summed E-state index contributed by atoms with van der Waals surface area (Å²) in [7, 11) is 0. The summed E-state index contributed by atoms with van der Waals surface area (Å²) in [6.07, 6.45) is 3.26. The number of carbonyl (C=O) groups is 1. The molecule has 3 rings (SSSR count). The van der Waals surface area contributed by atoms with E-state index in [0.717, 1.165) is 43.9 Å². The zero-order chi connectivity index (χ0) is 15.7. The highest BCUT2D eigenvalue weighted by atomic mass is 16.6. The van der Waals surface area contributed by atoms with Crippen LogP contribution >= 0.6 is 0 Å². The number of piperidine rings is 1. The molecule has 2 aliphatic heterocycles. The van der Waals surface area contributed by atoms with Crippen molar-refractivity contribution in [3.05, 3.63) is 27.9 Å². The molecular formula is C14H19N5O3. The molecule has 0 radical (unpaired) electrons. The van der Waals surface area contributed by atoms with Crippen LogP contribution in [0.2, 0.25) is 0 Å². The lowest BCUT2D eigenvalue weighted by molar-refractivity contribution is -0.385. The Balaban J connectivity index is 1.77. The molecule has 2 aliphatic rings. The van der Waals surface area contributed by atoms with Crippen LogP contribution in [0.5, 0.6) is 0 Å². The van der Waals surface area contributed by atoms with Crippen LogP contribution in [0, 0.1) is 17.0 Å². The summed E-state index contributed by atoms with van der Waals surface area (Å²) in [4.78, 5) is 30.5. The van der Waals surface area contributed by atoms with Crippen molar-refractivity contribution in [2.24, 2.45) is 0 Å². The van der Waals surface area contributed by atoms with Gasteiger partial charge in [0.15, 0.2) is 0 Å². The van der Waals surface area contributed by atoms with Crippen molar-refractivity contribution in [3.8, 4) is 0 Å². The van der Waals surface area contributed by atoms with Gasteiger partial charge >= 0.3 is 6.03 Å². The van der Waals surface area contributed by atoms with Crippen LogP contribution in [0.1, 0.15) is 18.4 Å².